The molecule has 3 aromatic rings. The van der Waals surface area contributed by atoms with Crippen molar-refractivity contribution in [3.8, 4) is 0 Å². The number of nitrogens with zero attached hydrogens (tertiary/aromatic N) is 3. The van der Waals surface area contributed by atoms with Crippen molar-refractivity contribution in [2.45, 2.75) is 32.9 Å². The minimum absolute atomic E-state index is 0.364. The fourth-order valence-electron chi connectivity index (χ4n) is 3.67. The predicted molar refractivity (Wildman–Crippen MR) is 94.9 cm³/mol. The topological polar surface area (TPSA) is 32.5 Å². The molecule has 1 aromatic carbocycles. The minimum atomic E-state index is 0.364. The van der Waals surface area contributed by atoms with Gasteiger partial charge in [-0.2, -0.15) is 0 Å². The molecule has 2 aromatic heterocycles. The molecule has 4 rings (SSSR count). The van der Waals surface area contributed by atoms with Crippen LogP contribution in [-0.2, 0) is 0 Å². The average Bonchev–Trinajstić information content (AvgIpc) is 2.85. The van der Waals surface area contributed by atoms with Gasteiger partial charge in [0.15, 0.2) is 5.58 Å². The fraction of sp³-hybridized carbons (Fsp3) is 0.421. The molecule has 1 fully saturated rings. The molecule has 0 N–H and O–H groups in total. The van der Waals surface area contributed by atoms with E-state index in [0.29, 0.717) is 6.17 Å². The van der Waals surface area contributed by atoms with Gasteiger partial charge in [-0.05, 0) is 58.0 Å². The molecular formula is C19H23N3O. The predicted octanol–water partition coefficient (Wildman–Crippen LogP) is 4.17. The number of fused-ring (bicyclic) bond motifs is 3. The summed E-state index contributed by atoms with van der Waals surface area (Å²) in [6.45, 7) is 6.67. The van der Waals surface area contributed by atoms with E-state index >= 15 is 0 Å². The van der Waals surface area contributed by atoms with Crippen LogP contribution in [0.2, 0.25) is 0 Å². The Balaban J connectivity index is 1.96. The Kier molecular flexibility index (Phi) is 3.49. The lowest BCUT2D eigenvalue weighted by molar-refractivity contribution is 0.267. The number of furan rings is 1. The number of aryl methyl sites for hydroxylation is 1. The molecule has 120 valence electrons. The molecule has 3 heterocycles. The van der Waals surface area contributed by atoms with Crippen LogP contribution < -0.4 is 4.90 Å². The zero-order valence-electron chi connectivity index (χ0n) is 14.0. The normalized spacial score (nSPS) is 20.3. The highest BCUT2D eigenvalue weighted by Crippen LogP contribution is 2.38. The first-order valence-corrected chi connectivity index (χ1v) is 8.40. The quantitative estimate of drug-likeness (QED) is 0.675. The molecule has 1 aliphatic heterocycles. The molecule has 23 heavy (non-hydrogen) atoms. The van der Waals surface area contributed by atoms with E-state index in [1.165, 1.54) is 24.1 Å². The summed E-state index contributed by atoms with van der Waals surface area (Å²) in [5, 5.41) is 2.26. The third-order valence-corrected chi connectivity index (χ3v) is 5.13. The number of hydrogen-bond acceptors (Lipinski definition) is 4. The molecule has 0 radical (unpaired) electrons. The largest absolute Gasteiger partial charge is 0.436 e. The van der Waals surface area contributed by atoms with Gasteiger partial charge in [0.25, 0.3) is 0 Å². The molecule has 1 atom stereocenters. The van der Waals surface area contributed by atoms with Crippen LogP contribution in [0.4, 0.5) is 5.69 Å². The minimum Gasteiger partial charge on any atom is -0.436 e. The SMILES string of the molecule is Cc1ccc2c(oc3ncccc32)c1N1CCCCN(C)C1C. The Hall–Kier alpha value is -2.07. The van der Waals surface area contributed by atoms with Crippen LogP contribution in [0.3, 0.4) is 0 Å². The lowest BCUT2D eigenvalue weighted by Gasteiger charge is -2.35. The summed E-state index contributed by atoms with van der Waals surface area (Å²) in [5.74, 6) is 0. The molecule has 1 saturated heterocycles. The van der Waals surface area contributed by atoms with E-state index in [0.717, 1.165) is 35.2 Å². The Morgan fingerprint density at radius 2 is 1.96 bits per heavy atom. The standard InChI is InChI=1S/C19H23N3O/c1-13-8-9-15-16-7-6-10-20-19(16)23-18(15)17(13)22-12-5-4-11-21(3)14(22)2/h6-10,14H,4-5,11-12H2,1-3H3. The average molecular weight is 309 g/mol. The van der Waals surface area contributed by atoms with Gasteiger partial charge in [-0.15, -0.1) is 0 Å². The van der Waals surface area contributed by atoms with Crippen molar-refractivity contribution in [2.75, 3.05) is 25.0 Å². The van der Waals surface area contributed by atoms with Crippen LogP contribution in [-0.4, -0.2) is 36.2 Å². The summed E-state index contributed by atoms with van der Waals surface area (Å²) >= 11 is 0. The zero-order chi connectivity index (χ0) is 16.0. The summed E-state index contributed by atoms with van der Waals surface area (Å²) < 4.78 is 6.17. The van der Waals surface area contributed by atoms with Gasteiger partial charge in [-0.3, -0.25) is 4.90 Å². The molecule has 0 bridgehead atoms. The van der Waals surface area contributed by atoms with Gasteiger partial charge in [0.05, 0.1) is 11.9 Å². The van der Waals surface area contributed by atoms with Crippen LogP contribution in [0.1, 0.15) is 25.3 Å². The van der Waals surface area contributed by atoms with Crippen molar-refractivity contribution in [1.82, 2.24) is 9.88 Å². The first-order valence-electron chi connectivity index (χ1n) is 8.40. The van der Waals surface area contributed by atoms with Gasteiger partial charge < -0.3 is 9.32 Å². The summed E-state index contributed by atoms with van der Waals surface area (Å²) in [7, 11) is 2.21. The second-order valence-electron chi connectivity index (χ2n) is 6.58. The highest BCUT2D eigenvalue weighted by molar-refractivity contribution is 6.08. The monoisotopic (exact) mass is 309 g/mol. The summed E-state index contributed by atoms with van der Waals surface area (Å²) in [4.78, 5) is 9.31. The number of hydrogen-bond donors (Lipinski definition) is 0. The number of aromatic nitrogens is 1. The van der Waals surface area contributed by atoms with E-state index in [1.54, 1.807) is 6.20 Å². The molecule has 0 aliphatic carbocycles. The molecule has 1 unspecified atom stereocenters. The Bertz CT molecular complexity index is 854. The zero-order valence-corrected chi connectivity index (χ0v) is 14.0. The first kappa shape index (κ1) is 14.5. The highest BCUT2D eigenvalue weighted by Gasteiger charge is 2.26. The van der Waals surface area contributed by atoms with Crippen LogP contribution >= 0.6 is 0 Å². The van der Waals surface area contributed by atoms with Crippen molar-refractivity contribution in [3.05, 3.63) is 36.0 Å². The van der Waals surface area contributed by atoms with Crippen molar-refractivity contribution in [1.29, 1.82) is 0 Å². The molecular weight excluding hydrogens is 286 g/mol. The number of pyridine rings is 1. The number of benzene rings is 1. The van der Waals surface area contributed by atoms with Gasteiger partial charge in [0.1, 0.15) is 0 Å². The van der Waals surface area contributed by atoms with Crippen LogP contribution in [0, 0.1) is 6.92 Å². The highest BCUT2D eigenvalue weighted by atomic mass is 16.3. The van der Waals surface area contributed by atoms with E-state index < -0.39 is 0 Å². The van der Waals surface area contributed by atoms with E-state index in [2.05, 4.69) is 53.9 Å². The maximum atomic E-state index is 6.17. The summed E-state index contributed by atoms with van der Waals surface area (Å²) in [6.07, 6.45) is 4.61. The van der Waals surface area contributed by atoms with Crippen molar-refractivity contribution in [2.24, 2.45) is 0 Å². The maximum absolute atomic E-state index is 6.17. The third-order valence-electron chi connectivity index (χ3n) is 5.13. The smallest absolute Gasteiger partial charge is 0.227 e. The molecule has 4 nitrogen and oxygen atoms in total. The van der Waals surface area contributed by atoms with E-state index in [4.69, 9.17) is 4.42 Å². The third kappa shape index (κ3) is 2.29. The first-order chi connectivity index (χ1) is 11.2. The summed E-state index contributed by atoms with van der Waals surface area (Å²) in [6, 6.07) is 8.43. The van der Waals surface area contributed by atoms with E-state index in [1.807, 2.05) is 6.07 Å². The molecule has 0 amide bonds. The lowest BCUT2D eigenvalue weighted by Crippen LogP contribution is -2.43. The van der Waals surface area contributed by atoms with Gasteiger partial charge in [-0.1, -0.05) is 12.1 Å². The van der Waals surface area contributed by atoms with E-state index in [9.17, 15) is 0 Å². The Morgan fingerprint density at radius 3 is 2.83 bits per heavy atom. The van der Waals surface area contributed by atoms with Crippen molar-refractivity contribution >= 4 is 27.8 Å². The Labute approximate surface area is 136 Å². The molecule has 0 saturated carbocycles. The number of anilines is 1. The molecule has 0 spiro atoms. The second-order valence-corrected chi connectivity index (χ2v) is 6.58. The van der Waals surface area contributed by atoms with Gasteiger partial charge in [0, 0.05) is 23.5 Å². The van der Waals surface area contributed by atoms with Crippen LogP contribution in [0.25, 0.3) is 22.1 Å². The molecule has 1 aliphatic rings. The van der Waals surface area contributed by atoms with Crippen LogP contribution in [0.15, 0.2) is 34.9 Å². The Morgan fingerprint density at radius 1 is 1.13 bits per heavy atom. The van der Waals surface area contributed by atoms with Gasteiger partial charge in [-0.25, -0.2) is 4.98 Å². The lowest BCUT2D eigenvalue weighted by atomic mass is 10.1. The van der Waals surface area contributed by atoms with Gasteiger partial charge >= 0.3 is 0 Å². The summed E-state index contributed by atoms with van der Waals surface area (Å²) in [5.41, 5.74) is 4.19. The van der Waals surface area contributed by atoms with Crippen molar-refractivity contribution < 1.29 is 4.42 Å². The molecule has 4 heteroatoms. The van der Waals surface area contributed by atoms with Gasteiger partial charge in [0.2, 0.25) is 5.71 Å². The second kappa shape index (κ2) is 5.53. The fourth-order valence-corrected chi connectivity index (χ4v) is 3.67. The van der Waals surface area contributed by atoms with E-state index in [-0.39, 0.29) is 0 Å². The maximum Gasteiger partial charge on any atom is 0.227 e. The van der Waals surface area contributed by atoms with Crippen molar-refractivity contribution in [3.63, 3.8) is 0 Å². The van der Waals surface area contributed by atoms with Crippen LogP contribution in [0.5, 0.6) is 0 Å². The number of rotatable bonds is 1.